The van der Waals surface area contributed by atoms with E-state index in [0.29, 0.717) is 23.5 Å². The quantitative estimate of drug-likeness (QED) is 0.364. The number of benzene rings is 2. The molecule has 6 nitrogen and oxygen atoms in total. The maximum Gasteiger partial charge on any atom is 0.247 e. The number of nitrogens with zero attached hydrogens (tertiary/aromatic N) is 1. The molecule has 0 saturated heterocycles. The molecule has 0 heterocycles. The zero-order chi connectivity index (χ0) is 25.2. The predicted octanol–water partition coefficient (Wildman–Crippen LogP) is 5.03. The summed E-state index contributed by atoms with van der Waals surface area (Å²) in [6.45, 7) is 0.251. The lowest BCUT2D eigenvalue weighted by atomic mass is 10.0. The van der Waals surface area contributed by atoms with Gasteiger partial charge in [-0.15, -0.1) is 11.6 Å². The van der Waals surface area contributed by atoms with Crippen LogP contribution < -0.4 is 14.8 Å². The topological polar surface area (TPSA) is 67.9 Å². The van der Waals surface area contributed by atoms with Crippen LogP contribution in [0.25, 0.3) is 0 Å². The van der Waals surface area contributed by atoms with Gasteiger partial charge >= 0.3 is 0 Å². The fourth-order valence-corrected chi connectivity index (χ4v) is 4.74. The first-order valence-electron chi connectivity index (χ1n) is 12.1. The minimum atomic E-state index is -0.912. The van der Waals surface area contributed by atoms with Crippen molar-refractivity contribution in [1.82, 2.24) is 10.2 Å². The van der Waals surface area contributed by atoms with Gasteiger partial charge in [0.1, 0.15) is 17.7 Å². The van der Waals surface area contributed by atoms with E-state index in [-0.39, 0.29) is 30.3 Å². The van der Waals surface area contributed by atoms with Gasteiger partial charge in [-0.3, -0.25) is 9.59 Å². The highest BCUT2D eigenvalue weighted by Crippen LogP contribution is 2.29. The summed E-state index contributed by atoms with van der Waals surface area (Å²) in [6, 6.07) is 10.4. The Kier molecular flexibility index (Phi) is 10.2. The molecule has 2 amide bonds. The summed E-state index contributed by atoms with van der Waals surface area (Å²) in [4.78, 5) is 28.1. The summed E-state index contributed by atoms with van der Waals surface area (Å²) in [6.07, 6.45) is 6.75. The van der Waals surface area contributed by atoms with Crippen LogP contribution in [0, 0.1) is 5.82 Å². The first-order chi connectivity index (χ1) is 17.0. The molecule has 2 aromatic rings. The lowest BCUT2D eigenvalue weighted by molar-refractivity contribution is -0.139. The summed E-state index contributed by atoms with van der Waals surface area (Å²) in [5.41, 5.74) is 1.46. The van der Waals surface area contributed by atoms with Gasteiger partial charge < -0.3 is 19.7 Å². The van der Waals surface area contributed by atoms with Crippen LogP contribution in [0.1, 0.15) is 55.7 Å². The molecule has 1 saturated carbocycles. The van der Waals surface area contributed by atoms with E-state index >= 15 is 0 Å². The van der Waals surface area contributed by atoms with E-state index in [2.05, 4.69) is 5.32 Å². The zero-order valence-corrected chi connectivity index (χ0v) is 21.2. The maximum atomic E-state index is 13.7. The average Bonchev–Trinajstić information content (AvgIpc) is 3.15. The van der Waals surface area contributed by atoms with Crippen LogP contribution in [-0.2, 0) is 16.0 Å². The summed E-state index contributed by atoms with van der Waals surface area (Å²) in [7, 11) is 3.13. The summed E-state index contributed by atoms with van der Waals surface area (Å²) in [5.74, 6) is -0.109. The monoisotopic (exact) mass is 504 g/mol. The average molecular weight is 505 g/mol. The molecule has 0 aliphatic heterocycles. The highest BCUT2D eigenvalue weighted by Gasteiger charge is 2.32. The zero-order valence-electron chi connectivity index (χ0n) is 20.4. The largest absolute Gasteiger partial charge is 0.493 e. The maximum absolute atomic E-state index is 13.7. The molecular weight excluding hydrogens is 471 g/mol. The van der Waals surface area contributed by atoms with Gasteiger partial charge in [0.05, 0.1) is 14.2 Å². The van der Waals surface area contributed by atoms with Crippen molar-refractivity contribution >= 4 is 23.4 Å². The Morgan fingerprint density at radius 3 is 2.29 bits per heavy atom. The second-order valence-corrected chi connectivity index (χ2v) is 9.08. The molecule has 0 unspecified atom stereocenters. The van der Waals surface area contributed by atoms with Gasteiger partial charge in [-0.05, 0) is 54.7 Å². The molecule has 0 bridgehead atoms. The number of hydrogen-bond acceptors (Lipinski definition) is 4. The Morgan fingerprint density at radius 1 is 1.03 bits per heavy atom. The van der Waals surface area contributed by atoms with Crippen LogP contribution in [0.3, 0.4) is 0 Å². The van der Waals surface area contributed by atoms with Crippen molar-refractivity contribution in [1.29, 1.82) is 0 Å². The Labute approximate surface area is 211 Å². The molecule has 0 aromatic heterocycles. The molecule has 8 heteroatoms. The first-order valence-corrected chi connectivity index (χ1v) is 12.6. The van der Waals surface area contributed by atoms with Crippen molar-refractivity contribution in [3.63, 3.8) is 0 Å². The van der Waals surface area contributed by atoms with Crippen molar-refractivity contribution in [2.45, 2.75) is 57.0 Å². The summed E-state index contributed by atoms with van der Waals surface area (Å²) < 4.78 is 24.4. The first kappa shape index (κ1) is 26.8. The van der Waals surface area contributed by atoms with Crippen LogP contribution in [-0.4, -0.2) is 49.4 Å². The van der Waals surface area contributed by atoms with Gasteiger partial charge in [0, 0.05) is 12.6 Å². The molecule has 1 fully saturated rings. The van der Waals surface area contributed by atoms with E-state index in [0.717, 1.165) is 44.1 Å². The molecule has 1 atom stereocenters. The number of halogens is 2. The SMILES string of the molecule is COc1ccc(CCN(C(=O)CCl)[C@H](C(=O)NC2CCCCCC2)c2ccc(F)cc2)cc1OC. The molecule has 0 radical (unpaired) electrons. The minimum Gasteiger partial charge on any atom is -0.493 e. The number of amides is 2. The van der Waals surface area contributed by atoms with Crippen molar-refractivity contribution in [3.8, 4) is 11.5 Å². The third-order valence-corrected chi connectivity index (χ3v) is 6.70. The number of alkyl halides is 1. The molecule has 0 spiro atoms. The van der Waals surface area contributed by atoms with Gasteiger partial charge in [-0.2, -0.15) is 0 Å². The van der Waals surface area contributed by atoms with Crippen LogP contribution in [0.4, 0.5) is 4.39 Å². The second-order valence-electron chi connectivity index (χ2n) is 8.81. The van der Waals surface area contributed by atoms with E-state index in [9.17, 15) is 14.0 Å². The van der Waals surface area contributed by atoms with Gasteiger partial charge in [-0.1, -0.05) is 43.9 Å². The van der Waals surface area contributed by atoms with E-state index < -0.39 is 11.9 Å². The molecule has 2 aromatic carbocycles. The lowest BCUT2D eigenvalue weighted by Crippen LogP contribution is -2.47. The minimum absolute atomic E-state index is 0.0618. The highest BCUT2D eigenvalue weighted by atomic mass is 35.5. The number of methoxy groups -OCH3 is 2. The third kappa shape index (κ3) is 7.34. The molecule has 1 N–H and O–H groups in total. The molecule has 190 valence electrons. The number of carbonyl (C=O) groups is 2. The molecule has 35 heavy (non-hydrogen) atoms. The Morgan fingerprint density at radius 2 is 1.69 bits per heavy atom. The number of ether oxygens (including phenoxy) is 2. The predicted molar refractivity (Wildman–Crippen MR) is 134 cm³/mol. The van der Waals surface area contributed by atoms with E-state index in [4.69, 9.17) is 21.1 Å². The third-order valence-electron chi connectivity index (χ3n) is 6.47. The number of rotatable bonds is 10. The van der Waals surface area contributed by atoms with Crippen molar-refractivity contribution in [2.75, 3.05) is 26.6 Å². The van der Waals surface area contributed by atoms with Crippen LogP contribution in [0.2, 0.25) is 0 Å². The van der Waals surface area contributed by atoms with Crippen LogP contribution in [0.15, 0.2) is 42.5 Å². The lowest BCUT2D eigenvalue weighted by Gasteiger charge is -2.32. The van der Waals surface area contributed by atoms with Crippen molar-refractivity contribution < 1.29 is 23.5 Å². The normalized spacial score (nSPS) is 15.1. The van der Waals surface area contributed by atoms with E-state index in [1.165, 1.54) is 17.0 Å². The van der Waals surface area contributed by atoms with Crippen molar-refractivity contribution in [3.05, 3.63) is 59.4 Å². The Hall–Kier alpha value is -2.80. The highest BCUT2D eigenvalue weighted by molar-refractivity contribution is 6.27. The fourth-order valence-electron chi connectivity index (χ4n) is 4.58. The van der Waals surface area contributed by atoms with E-state index in [1.807, 2.05) is 12.1 Å². The van der Waals surface area contributed by atoms with Gasteiger partial charge in [0.25, 0.3) is 0 Å². The second kappa shape index (κ2) is 13.3. The number of hydrogen-bond donors (Lipinski definition) is 1. The van der Waals surface area contributed by atoms with Crippen LogP contribution in [0.5, 0.6) is 11.5 Å². The molecular formula is C27H34ClFN2O4. The van der Waals surface area contributed by atoms with Crippen LogP contribution >= 0.6 is 11.6 Å². The standard InChI is InChI=1S/C27H34ClFN2O4/c1-34-23-14-9-19(17-24(23)35-2)15-16-31(25(32)18-28)26(20-10-12-21(29)13-11-20)27(33)30-22-7-5-3-4-6-8-22/h9-14,17,22,26H,3-8,15-16,18H2,1-2H3,(H,30,33)/t26-/m0/s1. The fraction of sp³-hybridized carbons (Fsp3) is 0.481. The van der Waals surface area contributed by atoms with Gasteiger partial charge in [-0.25, -0.2) is 4.39 Å². The Balaban J connectivity index is 1.87. The smallest absolute Gasteiger partial charge is 0.247 e. The number of nitrogens with one attached hydrogen (secondary N) is 1. The van der Waals surface area contributed by atoms with E-state index in [1.54, 1.807) is 32.4 Å². The summed E-state index contributed by atoms with van der Waals surface area (Å²) in [5, 5.41) is 3.16. The molecule has 3 rings (SSSR count). The Bertz CT molecular complexity index is 978. The van der Waals surface area contributed by atoms with Crippen molar-refractivity contribution in [2.24, 2.45) is 0 Å². The van der Waals surface area contributed by atoms with Gasteiger partial charge in [0.2, 0.25) is 11.8 Å². The molecule has 1 aliphatic rings. The summed E-state index contributed by atoms with van der Waals surface area (Å²) >= 11 is 5.97. The number of carbonyl (C=O) groups excluding carboxylic acids is 2. The molecule has 1 aliphatic carbocycles. The van der Waals surface area contributed by atoms with Gasteiger partial charge in [0.15, 0.2) is 11.5 Å².